The molecule has 0 aliphatic rings. The van der Waals surface area contributed by atoms with Gasteiger partial charge in [0, 0.05) is 10.3 Å². The minimum absolute atomic E-state index is 0.562. The van der Waals surface area contributed by atoms with Gasteiger partial charge in [0.05, 0.1) is 11.4 Å². The first kappa shape index (κ1) is 20.3. The third-order valence-electron chi connectivity index (χ3n) is 3.86. The van der Waals surface area contributed by atoms with Gasteiger partial charge in [0.15, 0.2) is 0 Å². The largest absolute Gasteiger partial charge is 0.197 e. The van der Waals surface area contributed by atoms with Crippen molar-refractivity contribution >= 4 is 23.1 Å². The second-order valence-electron chi connectivity index (χ2n) is 7.31. The van der Waals surface area contributed by atoms with Gasteiger partial charge in [0.1, 0.15) is 0 Å². The Morgan fingerprint density at radius 3 is 1.65 bits per heavy atom. The first-order valence-electron chi connectivity index (χ1n) is 8.56. The highest BCUT2D eigenvalue weighted by Crippen LogP contribution is 2.30. The van der Waals surface area contributed by atoms with Crippen LogP contribution in [0.4, 0.5) is 0 Å². The predicted octanol–water partition coefficient (Wildman–Crippen LogP) is 7.09. The molecule has 2 rings (SSSR count). The molecule has 0 saturated heterocycles. The van der Waals surface area contributed by atoms with Gasteiger partial charge in [-0.05, 0) is 64.8 Å². The topological polar surface area (TPSA) is 25.8 Å². The van der Waals surface area contributed by atoms with Crippen molar-refractivity contribution in [2.75, 3.05) is 0 Å². The second-order valence-corrected chi connectivity index (χ2v) is 8.92. The fourth-order valence-corrected chi connectivity index (χ4v) is 4.61. The van der Waals surface area contributed by atoms with E-state index in [4.69, 9.17) is 0 Å². The maximum atomic E-state index is 4.48. The zero-order chi connectivity index (χ0) is 17.7. The molecule has 0 radical (unpaired) electrons. The monoisotopic (exact) mass is 352 g/mol. The summed E-state index contributed by atoms with van der Waals surface area (Å²) < 4.78 is 8.86. The van der Waals surface area contributed by atoms with E-state index in [1.54, 1.807) is 23.1 Å². The van der Waals surface area contributed by atoms with Crippen LogP contribution in [0.25, 0.3) is 0 Å². The maximum absolute atomic E-state index is 4.48. The van der Waals surface area contributed by atoms with Gasteiger partial charge < -0.3 is 0 Å². The van der Waals surface area contributed by atoms with Gasteiger partial charge in [-0.1, -0.05) is 55.4 Å². The van der Waals surface area contributed by atoms with Crippen LogP contribution >= 0.6 is 23.1 Å². The summed E-state index contributed by atoms with van der Waals surface area (Å²) in [6, 6.07) is 0. The smallest absolute Gasteiger partial charge is 0.0604 e. The van der Waals surface area contributed by atoms with E-state index in [2.05, 4.69) is 76.4 Å². The van der Waals surface area contributed by atoms with Crippen molar-refractivity contribution in [1.82, 2.24) is 8.75 Å². The standard InChI is InChI=1S/C10H17NS.C9H15NS/c1-6(2)9-8(5)12-11-10(9)7(3)4;1-6(2)8-5-11-10-9(8)7(3)4/h6-7H,1-5H3;5-7H,1-4H3. The molecule has 0 spiro atoms. The number of hydrogen-bond donors (Lipinski definition) is 0. The Morgan fingerprint density at radius 2 is 1.30 bits per heavy atom. The molecule has 0 N–H and O–H groups in total. The van der Waals surface area contributed by atoms with Crippen LogP contribution in [-0.2, 0) is 0 Å². The molecule has 0 saturated carbocycles. The summed E-state index contributed by atoms with van der Waals surface area (Å²) in [4.78, 5) is 1.38. The lowest BCUT2D eigenvalue weighted by atomic mass is 9.96. The summed E-state index contributed by atoms with van der Waals surface area (Å²) in [5.74, 6) is 2.36. The van der Waals surface area contributed by atoms with Crippen LogP contribution < -0.4 is 0 Å². The lowest BCUT2D eigenvalue weighted by molar-refractivity contribution is 0.772. The average Bonchev–Trinajstić information content (AvgIpc) is 3.04. The van der Waals surface area contributed by atoms with Crippen LogP contribution in [0.2, 0.25) is 0 Å². The van der Waals surface area contributed by atoms with Crippen molar-refractivity contribution in [3.8, 4) is 0 Å². The van der Waals surface area contributed by atoms with Gasteiger partial charge in [-0.3, -0.25) is 0 Å². The van der Waals surface area contributed by atoms with Crippen molar-refractivity contribution in [3.63, 3.8) is 0 Å². The molecule has 0 unspecified atom stereocenters. The third-order valence-corrected chi connectivity index (χ3v) is 5.30. The normalized spacial score (nSPS) is 11.5. The molecule has 2 aromatic rings. The molecule has 0 bridgehead atoms. The lowest BCUT2D eigenvalue weighted by Crippen LogP contribution is -1.97. The summed E-state index contributed by atoms with van der Waals surface area (Å²) in [5, 5.41) is 2.17. The molecule has 0 amide bonds. The molecule has 0 atom stereocenters. The molecule has 0 aromatic carbocycles. The first-order chi connectivity index (χ1) is 10.7. The van der Waals surface area contributed by atoms with E-state index in [-0.39, 0.29) is 0 Å². The number of nitrogens with zero attached hydrogens (tertiary/aromatic N) is 2. The van der Waals surface area contributed by atoms with Crippen molar-refractivity contribution < 1.29 is 0 Å². The van der Waals surface area contributed by atoms with Gasteiger partial charge in [0.25, 0.3) is 0 Å². The molecular weight excluding hydrogens is 320 g/mol. The maximum Gasteiger partial charge on any atom is 0.0604 e. The Morgan fingerprint density at radius 1 is 0.739 bits per heavy atom. The summed E-state index contributed by atoms with van der Waals surface area (Å²) in [6.45, 7) is 19.9. The molecule has 0 fully saturated rings. The molecule has 130 valence electrons. The molecule has 23 heavy (non-hydrogen) atoms. The second kappa shape index (κ2) is 8.93. The number of aryl methyl sites for hydroxylation is 1. The third kappa shape index (κ3) is 5.39. The number of hydrogen-bond acceptors (Lipinski definition) is 4. The summed E-state index contributed by atoms with van der Waals surface area (Å²) >= 11 is 3.21. The van der Waals surface area contributed by atoms with E-state index >= 15 is 0 Å². The molecule has 2 aromatic heterocycles. The summed E-state index contributed by atoms with van der Waals surface area (Å²) in [5.41, 5.74) is 5.47. The Kier molecular flexibility index (Phi) is 7.88. The predicted molar refractivity (Wildman–Crippen MR) is 105 cm³/mol. The minimum Gasteiger partial charge on any atom is -0.197 e. The molecular formula is C19H32N2S2. The first-order valence-corrected chi connectivity index (χ1v) is 10.2. The fraction of sp³-hybridized carbons (Fsp3) is 0.684. The van der Waals surface area contributed by atoms with Gasteiger partial charge in [-0.15, -0.1) is 0 Å². The van der Waals surface area contributed by atoms with Crippen LogP contribution in [0.1, 0.15) is 106 Å². The molecule has 2 heterocycles. The van der Waals surface area contributed by atoms with Gasteiger partial charge >= 0.3 is 0 Å². The van der Waals surface area contributed by atoms with Crippen LogP contribution in [0.3, 0.4) is 0 Å². The average molecular weight is 353 g/mol. The fourth-order valence-electron chi connectivity index (χ4n) is 2.64. The van der Waals surface area contributed by atoms with Crippen LogP contribution in [0.5, 0.6) is 0 Å². The molecule has 2 nitrogen and oxygen atoms in total. The van der Waals surface area contributed by atoms with Crippen LogP contribution in [0.15, 0.2) is 5.38 Å². The Balaban J connectivity index is 0.000000231. The van der Waals surface area contributed by atoms with Gasteiger partial charge in [-0.25, -0.2) is 0 Å². The van der Waals surface area contributed by atoms with E-state index in [0.717, 1.165) is 0 Å². The Labute approximate surface area is 150 Å². The van der Waals surface area contributed by atoms with Crippen LogP contribution in [-0.4, -0.2) is 8.75 Å². The van der Waals surface area contributed by atoms with Gasteiger partial charge in [0.2, 0.25) is 0 Å². The Bertz CT molecular complexity index is 570. The van der Waals surface area contributed by atoms with E-state index in [1.807, 2.05) is 0 Å². The van der Waals surface area contributed by atoms with E-state index in [1.165, 1.54) is 27.4 Å². The molecule has 0 aliphatic heterocycles. The van der Waals surface area contributed by atoms with Crippen LogP contribution in [0, 0.1) is 6.92 Å². The molecule has 0 aliphatic carbocycles. The number of aromatic nitrogens is 2. The van der Waals surface area contributed by atoms with Crippen molar-refractivity contribution in [3.05, 3.63) is 32.8 Å². The quantitative estimate of drug-likeness (QED) is 0.587. The SMILES string of the molecule is CC(C)c1csnc1C(C)C.Cc1snc(C(C)C)c1C(C)C. The summed E-state index contributed by atoms with van der Waals surface area (Å²) in [7, 11) is 0. The summed E-state index contributed by atoms with van der Waals surface area (Å²) in [6.07, 6.45) is 0. The zero-order valence-electron chi connectivity index (χ0n) is 16.1. The highest BCUT2D eigenvalue weighted by atomic mass is 32.1. The van der Waals surface area contributed by atoms with Crippen molar-refractivity contribution in [2.24, 2.45) is 0 Å². The highest BCUT2D eigenvalue weighted by Gasteiger charge is 2.15. The van der Waals surface area contributed by atoms with Crippen molar-refractivity contribution in [2.45, 2.75) is 86.0 Å². The van der Waals surface area contributed by atoms with Gasteiger partial charge in [-0.2, -0.15) is 8.75 Å². The van der Waals surface area contributed by atoms with E-state index < -0.39 is 0 Å². The lowest BCUT2D eigenvalue weighted by Gasteiger charge is -2.09. The minimum atomic E-state index is 0.562. The van der Waals surface area contributed by atoms with E-state index in [0.29, 0.717) is 23.7 Å². The number of rotatable bonds is 4. The Hall–Kier alpha value is -0.740. The van der Waals surface area contributed by atoms with E-state index in [9.17, 15) is 0 Å². The zero-order valence-corrected chi connectivity index (χ0v) is 17.7. The van der Waals surface area contributed by atoms with Crippen molar-refractivity contribution in [1.29, 1.82) is 0 Å². The highest BCUT2D eigenvalue weighted by molar-refractivity contribution is 7.06. The molecule has 4 heteroatoms.